The molecule has 148 valence electrons. The minimum Gasteiger partial charge on any atom is -0.459 e. The summed E-state index contributed by atoms with van der Waals surface area (Å²) in [6, 6.07) is 20.7. The number of nitriles is 1. The van der Waals surface area contributed by atoms with Crippen LogP contribution in [0.4, 0.5) is 0 Å². The third kappa shape index (κ3) is 4.17. The molecule has 30 heavy (non-hydrogen) atoms. The summed E-state index contributed by atoms with van der Waals surface area (Å²) < 4.78 is 12.1. The normalized spacial score (nSPS) is 11.6. The van der Waals surface area contributed by atoms with Gasteiger partial charge in [-0.2, -0.15) is 5.26 Å². The Kier molecular flexibility index (Phi) is 5.46. The summed E-state index contributed by atoms with van der Waals surface area (Å²) in [4.78, 5) is 16.5. The monoisotopic (exact) mass is 414 g/mol. The molecule has 0 bridgehead atoms. The summed E-state index contributed by atoms with van der Waals surface area (Å²) in [5.74, 6) is 0.852. The number of esters is 1. The number of carbonyl (C=O) groups excluding carboxylic acids is 1. The number of carbonyl (C=O) groups is 1. The van der Waals surface area contributed by atoms with Crippen molar-refractivity contribution in [3.05, 3.63) is 77.0 Å². The number of fused-ring (bicyclic) bond motifs is 1. The molecule has 0 saturated heterocycles. The fourth-order valence-corrected chi connectivity index (χ4v) is 3.84. The highest BCUT2D eigenvalue weighted by Gasteiger charge is 2.12. The van der Waals surface area contributed by atoms with Gasteiger partial charge in [-0.05, 0) is 50.2 Å². The van der Waals surface area contributed by atoms with Crippen molar-refractivity contribution in [1.82, 2.24) is 4.98 Å². The maximum Gasteiger partial charge on any atom is 0.338 e. The number of ether oxygens (including phenoxy) is 1. The topological polar surface area (TPSA) is 76.1 Å². The molecule has 0 unspecified atom stereocenters. The lowest BCUT2D eigenvalue weighted by Gasteiger charge is -2.07. The second kappa shape index (κ2) is 8.36. The second-order valence-corrected chi connectivity index (χ2v) is 7.92. The number of hydrogen-bond donors (Lipinski definition) is 0. The molecule has 0 radical (unpaired) electrons. The highest BCUT2D eigenvalue weighted by atomic mass is 32.1. The summed E-state index contributed by atoms with van der Waals surface area (Å²) in [7, 11) is 0. The fraction of sp³-hybridized carbons (Fsp3) is 0.125. The molecule has 0 atom stereocenters. The molecular formula is C24H18N2O3S. The lowest BCUT2D eigenvalue weighted by Crippen LogP contribution is -2.11. The Morgan fingerprint density at radius 1 is 1.13 bits per heavy atom. The van der Waals surface area contributed by atoms with Crippen LogP contribution < -0.4 is 0 Å². The van der Waals surface area contributed by atoms with Crippen molar-refractivity contribution < 1.29 is 13.9 Å². The van der Waals surface area contributed by atoms with Gasteiger partial charge in [-0.25, -0.2) is 9.78 Å². The lowest BCUT2D eigenvalue weighted by atomic mass is 10.1. The third-order valence-corrected chi connectivity index (χ3v) is 5.38. The van der Waals surface area contributed by atoms with Gasteiger partial charge in [0, 0.05) is 11.6 Å². The Labute approximate surface area is 177 Å². The summed E-state index contributed by atoms with van der Waals surface area (Å²) >= 11 is 1.47. The number of thiazole rings is 1. The molecule has 0 aliphatic carbocycles. The number of benzene rings is 2. The van der Waals surface area contributed by atoms with Crippen LogP contribution in [0.2, 0.25) is 0 Å². The zero-order valence-corrected chi connectivity index (χ0v) is 17.3. The molecule has 5 nitrogen and oxygen atoms in total. The first-order valence-electron chi connectivity index (χ1n) is 9.42. The average Bonchev–Trinajstić information content (AvgIpc) is 3.38. The number of nitrogens with zero attached hydrogens (tertiary/aromatic N) is 2. The van der Waals surface area contributed by atoms with E-state index in [4.69, 9.17) is 9.15 Å². The average molecular weight is 414 g/mol. The fourth-order valence-electron chi connectivity index (χ4n) is 2.91. The van der Waals surface area contributed by atoms with Crippen LogP contribution in [0.3, 0.4) is 0 Å². The summed E-state index contributed by atoms with van der Waals surface area (Å²) in [5.41, 5.74) is 2.63. The van der Waals surface area contributed by atoms with E-state index in [0.29, 0.717) is 27.7 Å². The van der Waals surface area contributed by atoms with E-state index < -0.39 is 0 Å². The van der Waals surface area contributed by atoms with Gasteiger partial charge in [0.2, 0.25) is 0 Å². The largest absolute Gasteiger partial charge is 0.459 e. The van der Waals surface area contributed by atoms with Gasteiger partial charge in [0.1, 0.15) is 22.6 Å². The van der Waals surface area contributed by atoms with Crippen molar-refractivity contribution in [2.75, 3.05) is 0 Å². The maximum absolute atomic E-state index is 12.0. The molecule has 0 aliphatic rings. The number of para-hydroxylation sites is 1. The molecule has 4 aromatic rings. The lowest BCUT2D eigenvalue weighted by molar-refractivity contribution is 0.0378. The van der Waals surface area contributed by atoms with E-state index in [2.05, 4.69) is 11.1 Å². The van der Waals surface area contributed by atoms with Gasteiger partial charge in [-0.15, -0.1) is 11.3 Å². The molecular weight excluding hydrogens is 396 g/mol. The van der Waals surface area contributed by atoms with Crippen LogP contribution in [0, 0.1) is 11.3 Å². The predicted molar refractivity (Wildman–Crippen MR) is 118 cm³/mol. The van der Waals surface area contributed by atoms with Crippen LogP contribution in [0.1, 0.15) is 35.0 Å². The van der Waals surface area contributed by atoms with Crippen LogP contribution in [-0.2, 0) is 4.74 Å². The minimum absolute atomic E-state index is 0.165. The van der Waals surface area contributed by atoms with Crippen molar-refractivity contribution in [3.8, 4) is 17.4 Å². The Morgan fingerprint density at radius 2 is 1.90 bits per heavy atom. The first kappa shape index (κ1) is 19.6. The first-order chi connectivity index (χ1) is 14.5. The number of allylic oxidation sites excluding steroid dienone is 1. The first-order valence-corrected chi connectivity index (χ1v) is 10.2. The van der Waals surface area contributed by atoms with Gasteiger partial charge in [-0.3, -0.25) is 0 Å². The molecule has 2 aromatic carbocycles. The SMILES string of the molecule is CC(C)OC(=O)c1ccc(-c2ccc(/C=C(/C#N)c3nc4ccccc4s3)o2)cc1. The van der Waals surface area contributed by atoms with Crippen molar-refractivity contribution in [2.24, 2.45) is 0 Å². The van der Waals surface area contributed by atoms with Gasteiger partial charge in [0.05, 0.1) is 27.5 Å². The number of hydrogen-bond acceptors (Lipinski definition) is 6. The number of rotatable bonds is 5. The van der Waals surface area contributed by atoms with Crippen molar-refractivity contribution in [3.63, 3.8) is 0 Å². The van der Waals surface area contributed by atoms with Crippen LogP contribution in [0.15, 0.2) is 65.1 Å². The van der Waals surface area contributed by atoms with Crippen LogP contribution in [0.25, 0.3) is 33.2 Å². The van der Waals surface area contributed by atoms with Gasteiger partial charge >= 0.3 is 5.97 Å². The van der Waals surface area contributed by atoms with Gasteiger partial charge in [-0.1, -0.05) is 24.3 Å². The second-order valence-electron chi connectivity index (χ2n) is 6.89. The standard InChI is InChI=1S/C24H18N2O3S/c1-15(2)28-24(27)17-9-7-16(8-10-17)21-12-11-19(29-21)13-18(14-25)23-26-20-5-3-4-6-22(20)30-23/h3-13,15H,1-2H3/b18-13-. The minimum atomic E-state index is -0.353. The Hall–Kier alpha value is -3.69. The Balaban J connectivity index is 1.57. The maximum atomic E-state index is 12.0. The number of furan rings is 1. The molecule has 0 amide bonds. The Bertz CT molecular complexity index is 1240. The molecule has 0 N–H and O–H groups in total. The van der Waals surface area contributed by atoms with E-state index in [1.807, 2.05) is 56.3 Å². The zero-order valence-electron chi connectivity index (χ0n) is 16.5. The van der Waals surface area contributed by atoms with Crippen molar-refractivity contribution in [1.29, 1.82) is 5.26 Å². The van der Waals surface area contributed by atoms with E-state index in [1.54, 1.807) is 24.3 Å². The molecule has 0 fully saturated rings. The summed E-state index contributed by atoms with van der Waals surface area (Å²) in [6.07, 6.45) is 1.52. The van der Waals surface area contributed by atoms with E-state index in [1.165, 1.54) is 11.3 Å². The van der Waals surface area contributed by atoms with Crippen LogP contribution in [-0.4, -0.2) is 17.1 Å². The van der Waals surface area contributed by atoms with E-state index in [-0.39, 0.29) is 12.1 Å². The highest BCUT2D eigenvalue weighted by molar-refractivity contribution is 7.19. The van der Waals surface area contributed by atoms with Crippen LogP contribution >= 0.6 is 11.3 Å². The molecule has 0 spiro atoms. The molecule has 4 rings (SSSR count). The molecule has 6 heteroatoms. The molecule has 0 aliphatic heterocycles. The quantitative estimate of drug-likeness (QED) is 0.288. The van der Waals surface area contributed by atoms with Crippen molar-refractivity contribution >= 4 is 39.2 Å². The molecule has 0 saturated carbocycles. The predicted octanol–water partition coefficient (Wildman–Crippen LogP) is 6.19. The summed E-state index contributed by atoms with van der Waals surface area (Å²) in [5, 5.41) is 10.3. The van der Waals surface area contributed by atoms with Gasteiger partial charge < -0.3 is 9.15 Å². The van der Waals surface area contributed by atoms with E-state index >= 15 is 0 Å². The van der Waals surface area contributed by atoms with E-state index in [9.17, 15) is 10.1 Å². The van der Waals surface area contributed by atoms with E-state index in [0.717, 1.165) is 15.8 Å². The van der Waals surface area contributed by atoms with Crippen molar-refractivity contribution in [2.45, 2.75) is 20.0 Å². The number of aromatic nitrogens is 1. The molecule has 2 heterocycles. The molecule has 2 aromatic heterocycles. The van der Waals surface area contributed by atoms with Gasteiger partial charge in [0.15, 0.2) is 0 Å². The summed E-state index contributed by atoms with van der Waals surface area (Å²) in [6.45, 7) is 3.63. The highest BCUT2D eigenvalue weighted by Crippen LogP contribution is 2.29. The van der Waals surface area contributed by atoms with Crippen LogP contribution in [0.5, 0.6) is 0 Å². The smallest absolute Gasteiger partial charge is 0.338 e. The zero-order chi connectivity index (χ0) is 21.1. The van der Waals surface area contributed by atoms with Gasteiger partial charge in [0.25, 0.3) is 0 Å². The third-order valence-electron chi connectivity index (χ3n) is 4.31. The Morgan fingerprint density at radius 3 is 2.60 bits per heavy atom.